The van der Waals surface area contributed by atoms with Gasteiger partial charge in [-0.05, 0) is 91.5 Å². The number of nitrogens with zero attached hydrogens (tertiary/aromatic N) is 7. The predicted molar refractivity (Wildman–Crippen MR) is 237 cm³/mol. The second-order valence-corrected chi connectivity index (χ2v) is 19.6. The Morgan fingerprint density at radius 1 is 0.648 bits per heavy atom. The molecule has 0 bridgehead atoms. The maximum atomic E-state index is 12.2. The van der Waals surface area contributed by atoms with E-state index in [1.807, 2.05) is 13.0 Å². The van der Waals surface area contributed by atoms with Crippen molar-refractivity contribution in [3.63, 3.8) is 0 Å². The van der Waals surface area contributed by atoms with Crippen LogP contribution in [0.15, 0.2) is 143 Å². The van der Waals surface area contributed by atoms with E-state index in [0.29, 0.717) is 17.6 Å². The monoisotopic (exact) mass is 1020 g/mol. The van der Waals surface area contributed by atoms with Gasteiger partial charge >= 0.3 is 75.4 Å². The molecule has 0 spiro atoms. The Morgan fingerprint density at radius 2 is 1.20 bits per heavy atom. The van der Waals surface area contributed by atoms with Crippen molar-refractivity contribution >= 4 is 109 Å². The number of hydrogen-bond acceptors (Lipinski definition) is 23. The Bertz CT molecular complexity index is 3600. The minimum absolute atomic E-state index is 0. The summed E-state index contributed by atoms with van der Waals surface area (Å²) in [4.78, 5) is 3.08. The first-order valence-electron chi connectivity index (χ1n) is 18.5. The summed E-state index contributed by atoms with van der Waals surface area (Å²) in [5.41, 5.74) is 2.13. The van der Waals surface area contributed by atoms with E-state index >= 15 is 0 Å². The van der Waals surface area contributed by atoms with E-state index in [1.54, 1.807) is 24.3 Å². The molecular formula is C41H25Li4N9O12S5. The Balaban J connectivity index is 0.00000333. The van der Waals surface area contributed by atoms with E-state index in [4.69, 9.17) is 0 Å². The number of azo groups is 2. The zero-order valence-corrected chi connectivity index (χ0v) is 42.0. The number of hydrogen-bond donors (Lipinski definition) is 2. The van der Waals surface area contributed by atoms with Crippen molar-refractivity contribution in [3.8, 4) is 23.3 Å². The average Bonchev–Trinajstić information content (AvgIpc) is 3.64. The number of aryl methyl sites for hydroxylation is 1. The molecule has 0 saturated carbocycles. The molecule has 340 valence electrons. The van der Waals surface area contributed by atoms with Crippen LogP contribution in [0.3, 0.4) is 0 Å². The van der Waals surface area contributed by atoms with Crippen LogP contribution in [0, 0.1) is 36.5 Å². The third-order valence-corrected chi connectivity index (χ3v) is 13.7. The fourth-order valence-corrected chi connectivity index (χ4v) is 9.44. The summed E-state index contributed by atoms with van der Waals surface area (Å²) in [6.45, 7) is 3.36. The maximum Gasteiger partial charge on any atom is 1.00 e. The molecule has 2 heterocycles. The number of rotatable bonds is 15. The van der Waals surface area contributed by atoms with Gasteiger partial charge in [-0.3, -0.25) is 5.04 Å². The normalized spacial score (nSPS) is 11.4. The molecule has 0 aliphatic heterocycles. The van der Waals surface area contributed by atoms with Gasteiger partial charge in [0.25, 0.3) is 0 Å². The summed E-state index contributed by atoms with van der Waals surface area (Å²) in [7, 11) is -14.6. The van der Waals surface area contributed by atoms with Gasteiger partial charge in [0, 0.05) is 32.8 Å². The molecule has 0 fully saturated rings. The summed E-state index contributed by atoms with van der Waals surface area (Å²) in [5, 5.41) is 58.9. The molecular weight excluding hydrogens is 999 g/mol. The second-order valence-electron chi connectivity index (χ2n) is 13.8. The van der Waals surface area contributed by atoms with Gasteiger partial charge in [-0.25, -0.2) is 30.2 Å². The van der Waals surface area contributed by atoms with Crippen LogP contribution in [0.4, 0.5) is 44.4 Å². The van der Waals surface area contributed by atoms with Crippen molar-refractivity contribution in [2.24, 2.45) is 20.5 Å². The number of thiophene rings is 1. The van der Waals surface area contributed by atoms with Crippen LogP contribution in [0.5, 0.6) is 0 Å². The van der Waals surface area contributed by atoms with Gasteiger partial charge < -0.3 is 29.5 Å². The molecule has 7 rings (SSSR count). The molecule has 0 radical (unpaired) electrons. The Morgan fingerprint density at radius 3 is 1.72 bits per heavy atom. The van der Waals surface area contributed by atoms with E-state index < -0.39 is 45.0 Å². The summed E-state index contributed by atoms with van der Waals surface area (Å²) in [5.74, 6) is -0.151. The summed E-state index contributed by atoms with van der Waals surface area (Å²) >= 11 is 1.29. The number of pyridine rings is 1. The topological polar surface area (TPSA) is 347 Å². The Hall–Kier alpha value is -4.66. The van der Waals surface area contributed by atoms with Crippen molar-refractivity contribution in [1.82, 2.24) is 4.98 Å². The van der Waals surface area contributed by atoms with Crippen molar-refractivity contribution in [3.05, 3.63) is 125 Å². The van der Waals surface area contributed by atoms with E-state index in [-0.39, 0.29) is 158 Å². The number of anilines is 4. The van der Waals surface area contributed by atoms with Crippen LogP contribution < -0.4 is 91.3 Å². The van der Waals surface area contributed by atoms with E-state index in [1.165, 1.54) is 55.5 Å². The van der Waals surface area contributed by atoms with Crippen LogP contribution in [0.1, 0.15) is 22.3 Å². The molecule has 5 aromatic carbocycles. The molecule has 0 atom stereocenters. The van der Waals surface area contributed by atoms with E-state index in [2.05, 4.69) is 51.5 Å². The van der Waals surface area contributed by atoms with E-state index in [9.17, 15) is 54.7 Å². The number of benzene rings is 5. The van der Waals surface area contributed by atoms with Crippen LogP contribution in [0.25, 0.3) is 21.9 Å². The van der Waals surface area contributed by atoms with Crippen LogP contribution in [-0.4, -0.2) is 43.9 Å². The molecule has 7 aromatic rings. The standard InChI is InChI=1S/C41H29N9O12S5.4Li/c1-22-6-8-24(9-7-22)36-33(21-43)40(63-41(36)50-47-27-18-31-30(34(19-27)64-62-61-51)4-3-5-35(31)67(58,59)60)49-48-37-23(2)32(20-42)38(44-25-10-14-28(15-11-25)65(52,53)54)46-39(37)45-26-12-16-29(17-13-26)66(55,56)57;;;;/h3-19,51H,1-2H3,(H2,44,45,46)(H,52,53,54)(H,55,56,57)(H,58,59,60);;;;/q;4*+1/p-4. The molecule has 0 unspecified atom stereocenters. The van der Waals surface area contributed by atoms with Gasteiger partial charge in [0.15, 0.2) is 16.6 Å². The molecule has 71 heavy (non-hydrogen) atoms. The van der Waals surface area contributed by atoms with Crippen LogP contribution in [0.2, 0.25) is 0 Å². The van der Waals surface area contributed by atoms with Crippen molar-refractivity contribution in [1.29, 1.82) is 10.5 Å². The largest absolute Gasteiger partial charge is 1.00 e. The van der Waals surface area contributed by atoms with Crippen LogP contribution in [-0.2, 0) is 39.7 Å². The Kier molecular flexibility index (Phi) is 21.6. The number of nitrogens with one attached hydrogen (secondary N) is 2. The van der Waals surface area contributed by atoms with Gasteiger partial charge in [0.05, 0.1) is 38.0 Å². The summed E-state index contributed by atoms with van der Waals surface area (Å²) < 4.78 is 111. The first-order valence-corrected chi connectivity index (χ1v) is 24.3. The predicted octanol–water partition coefficient (Wildman–Crippen LogP) is -3.40. The molecule has 0 amide bonds. The van der Waals surface area contributed by atoms with Gasteiger partial charge in [0.1, 0.15) is 58.7 Å². The smallest absolute Gasteiger partial charge is 0.744 e. The van der Waals surface area contributed by atoms with Crippen molar-refractivity contribution in [2.45, 2.75) is 33.4 Å². The number of aromatic nitrogens is 1. The van der Waals surface area contributed by atoms with Crippen molar-refractivity contribution in [2.75, 3.05) is 10.6 Å². The number of fused-ring (bicyclic) bond motifs is 1. The molecule has 0 aliphatic rings. The minimum Gasteiger partial charge on any atom is -0.744 e. The second kappa shape index (κ2) is 25.3. The van der Waals surface area contributed by atoms with Gasteiger partial charge in [-0.2, -0.15) is 14.9 Å². The zero-order valence-electron chi connectivity index (χ0n) is 37.9. The quantitative estimate of drug-likeness (QED) is 0.0252. The van der Waals surface area contributed by atoms with Gasteiger partial charge in [0.2, 0.25) is 0 Å². The summed E-state index contributed by atoms with van der Waals surface area (Å²) in [6.07, 6.45) is 0. The fourth-order valence-electron chi connectivity index (χ4n) is 6.36. The molecule has 0 aliphatic carbocycles. The molecule has 2 aromatic heterocycles. The van der Waals surface area contributed by atoms with Gasteiger partial charge in [-0.1, -0.05) is 53.3 Å². The third kappa shape index (κ3) is 14.3. The third-order valence-electron chi connectivity index (χ3n) is 9.48. The van der Waals surface area contributed by atoms with Gasteiger partial charge in [-0.15, -0.1) is 20.5 Å². The fraction of sp³-hybridized carbons (Fsp3) is 0.0488. The average molecular weight is 1020 g/mol. The SMILES string of the molecule is Cc1ccc(-c2c(N=Nc3cc(SOO[O-])c4cccc(S(=O)(=O)[O-])c4c3)sc(N=Nc3c(Nc4ccc(S(=O)(=O)[O-])cc4)nc(Nc4ccc(S(=O)(=O)[O-])cc4)c(C#N)c3C)c2C#N)cc1.[Li+].[Li+].[Li+].[Li+]. The Labute approximate surface area is 462 Å². The summed E-state index contributed by atoms with van der Waals surface area (Å²) in [6, 6.07) is 27.1. The maximum absolute atomic E-state index is 12.2. The first kappa shape index (κ1) is 60.6. The molecule has 0 saturated heterocycles. The zero-order chi connectivity index (χ0) is 48.3. The van der Waals surface area contributed by atoms with Crippen molar-refractivity contribution < 1.29 is 129 Å². The molecule has 30 heteroatoms. The number of nitriles is 2. The molecule has 2 N–H and O–H groups in total. The molecule has 21 nitrogen and oxygen atoms in total. The minimum atomic E-state index is -5.00. The van der Waals surface area contributed by atoms with E-state index in [0.717, 1.165) is 47.2 Å². The van der Waals surface area contributed by atoms with Crippen LogP contribution >= 0.6 is 23.4 Å². The first-order chi connectivity index (χ1) is 31.8.